The van der Waals surface area contributed by atoms with Crippen molar-refractivity contribution in [1.29, 1.82) is 0 Å². The lowest BCUT2D eigenvalue weighted by atomic mass is 10.1. The van der Waals surface area contributed by atoms with Crippen LogP contribution in [0.2, 0.25) is 0 Å². The third-order valence-corrected chi connectivity index (χ3v) is 4.08. The third kappa shape index (κ3) is 4.53. The number of pyridine rings is 1. The molecule has 0 bridgehead atoms. The molecule has 1 N–H and O–H groups in total. The van der Waals surface area contributed by atoms with Gasteiger partial charge in [-0.1, -0.05) is 0 Å². The number of aromatic nitrogens is 1. The molecule has 1 aliphatic rings. The molecule has 1 heterocycles. The first kappa shape index (κ1) is 15.4. The van der Waals surface area contributed by atoms with E-state index >= 15 is 0 Å². The smallest absolute Gasteiger partial charge is 0.141 e. The van der Waals surface area contributed by atoms with Crippen molar-refractivity contribution < 1.29 is 4.39 Å². The van der Waals surface area contributed by atoms with Crippen LogP contribution in [0.4, 0.5) is 4.39 Å². The van der Waals surface area contributed by atoms with Crippen molar-refractivity contribution >= 4 is 0 Å². The Morgan fingerprint density at radius 1 is 1.40 bits per heavy atom. The molecular weight excluding hydrogens is 253 g/mol. The Balaban J connectivity index is 1.89. The number of hydrogen-bond donors (Lipinski definition) is 1. The van der Waals surface area contributed by atoms with Crippen LogP contribution in [0.25, 0.3) is 0 Å². The summed E-state index contributed by atoms with van der Waals surface area (Å²) in [6, 6.07) is 4.03. The van der Waals surface area contributed by atoms with E-state index in [9.17, 15) is 4.39 Å². The summed E-state index contributed by atoms with van der Waals surface area (Å²) in [6.45, 7) is 6.78. The molecular formula is C16H26FN3. The Bertz CT molecular complexity index is 401. The van der Waals surface area contributed by atoms with Gasteiger partial charge in [0.05, 0.1) is 17.9 Å². The largest absolute Gasteiger partial charge is 0.312 e. The van der Waals surface area contributed by atoms with Crippen LogP contribution in [-0.2, 0) is 0 Å². The maximum Gasteiger partial charge on any atom is 0.141 e. The van der Waals surface area contributed by atoms with E-state index in [0.717, 1.165) is 24.6 Å². The lowest BCUT2D eigenvalue weighted by molar-refractivity contribution is 0.201. The fraction of sp³-hybridized carbons (Fsp3) is 0.688. The van der Waals surface area contributed by atoms with E-state index in [1.807, 2.05) is 7.05 Å². The number of halogens is 1. The summed E-state index contributed by atoms with van der Waals surface area (Å²) in [5.41, 5.74) is 0.920. The summed E-state index contributed by atoms with van der Waals surface area (Å²) >= 11 is 0. The van der Waals surface area contributed by atoms with Crippen molar-refractivity contribution in [2.24, 2.45) is 5.92 Å². The molecule has 3 nitrogen and oxygen atoms in total. The summed E-state index contributed by atoms with van der Waals surface area (Å²) in [7, 11) is 1.94. The van der Waals surface area contributed by atoms with Crippen LogP contribution in [0.3, 0.4) is 0 Å². The molecule has 1 aromatic heterocycles. The lowest BCUT2D eigenvalue weighted by Gasteiger charge is -2.28. The molecule has 2 rings (SSSR count). The van der Waals surface area contributed by atoms with Gasteiger partial charge in [0.25, 0.3) is 0 Å². The Kier molecular flexibility index (Phi) is 5.49. The van der Waals surface area contributed by atoms with E-state index in [4.69, 9.17) is 0 Å². The number of hydrogen-bond acceptors (Lipinski definition) is 3. The first-order chi connectivity index (χ1) is 9.60. The minimum atomic E-state index is -0.277. The fourth-order valence-corrected chi connectivity index (χ4v) is 2.52. The molecule has 1 aliphatic carbocycles. The predicted molar refractivity (Wildman–Crippen MR) is 80.0 cm³/mol. The summed E-state index contributed by atoms with van der Waals surface area (Å²) < 4.78 is 12.9. The van der Waals surface area contributed by atoms with Gasteiger partial charge in [0.1, 0.15) is 5.82 Å². The highest BCUT2D eigenvalue weighted by Gasteiger charge is 2.25. The molecule has 0 radical (unpaired) electrons. The van der Waals surface area contributed by atoms with Gasteiger partial charge in [-0.2, -0.15) is 0 Å². The van der Waals surface area contributed by atoms with Gasteiger partial charge in [-0.15, -0.1) is 0 Å². The van der Waals surface area contributed by atoms with Gasteiger partial charge in [-0.3, -0.25) is 4.98 Å². The molecule has 1 aromatic rings. The minimum absolute atomic E-state index is 0.191. The second-order valence-corrected chi connectivity index (χ2v) is 6.06. The Labute approximate surface area is 121 Å². The quantitative estimate of drug-likeness (QED) is 0.793. The highest BCUT2D eigenvalue weighted by Crippen LogP contribution is 2.30. The molecule has 1 unspecified atom stereocenters. The van der Waals surface area contributed by atoms with Gasteiger partial charge >= 0.3 is 0 Å². The van der Waals surface area contributed by atoms with E-state index in [2.05, 4.69) is 29.0 Å². The van der Waals surface area contributed by atoms with E-state index in [1.165, 1.54) is 31.6 Å². The van der Waals surface area contributed by atoms with Crippen LogP contribution in [0.1, 0.15) is 44.8 Å². The molecule has 1 fully saturated rings. The van der Waals surface area contributed by atoms with Gasteiger partial charge in [0.15, 0.2) is 0 Å². The Hall–Kier alpha value is -1.00. The highest BCUT2D eigenvalue weighted by molar-refractivity contribution is 5.09. The Morgan fingerprint density at radius 2 is 2.15 bits per heavy atom. The van der Waals surface area contributed by atoms with Crippen molar-refractivity contribution in [1.82, 2.24) is 15.2 Å². The van der Waals surface area contributed by atoms with Gasteiger partial charge in [-0.05, 0) is 58.2 Å². The van der Waals surface area contributed by atoms with E-state index in [0.29, 0.717) is 6.04 Å². The van der Waals surface area contributed by atoms with Crippen LogP contribution in [0, 0.1) is 11.7 Å². The SMILES string of the molecule is CNC(CCN(CC1CC1)C(C)C)c1ccc(F)cn1. The maximum absolute atomic E-state index is 12.9. The lowest BCUT2D eigenvalue weighted by Crippen LogP contribution is -2.35. The Morgan fingerprint density at radius 3 is 2.65 bits per heavy atom. The number of nitrogens with zero attached hydrogens (tertiary/aromatic N) is 2. The van der Waals surface area contributed by atoms with E-state index < -0.39 is 0 Å². The third-order valence-electron chi connectivity index (χ3n) is 4.08. The van der Waals surface area contributed by atoms with Crippen LogP contribution in [0.15, 0.2) is 18.3 Å². The zero-order valence-electron chi connectivity index (χ0n) is 12.8. The highest BCUT2D eigenvalue weighted by atomic mass is 19.1. The molecule has 0 saturated heterocycles. The summed E-state index contributed by atoms with van der Waals surface area (Å²) in [6.07, 6.45) is 5.07. The summed E-state index contributed by atoms with van der Waals surface area (Å²) in [4.78, 5) is 6.74. The first-order valence-corrected chi connectivity index (χ1v) is 7.63. The van der Waals surface area contributed by atoms with Crippen molar-refractivity contribution in [3.63, 3.8) is 0 Å². The topological polar surface area (TPSA) is 28.2 Å². The van der Waals surface area contributed by atoms with Crippen LogP contribution >= 0.6 is 0 Å². The van der Waals surface area contributed by atoms with Gasteiger partial charge < -0.3 is 10.2 Å². The maximum atomic E-state index is 12.9. The van der Waals surface area contributed by atoms with Crippen molar-refractivity contribution in [2.75, 3.05) is 20.1 Å². The van der Waals surface area contributed by atoms with Crippen molar-refractivity contribution in [3.8, 4) is 0 Å². The monoisotopic (exact) mass is 279 g/mol. The molecule has 112 valence electrons. The van der Waals surface area contributed by atoms with Crippen LogP contribution in [-0.4, -0.2) is 36.1 Å². The van der Waals surface area contributed by atoms with Crippen LogP contribution < -0.4 is 5.32 Å². The van der Waals surface area contributed by atoms with Crippen molar-refractivity contribution in [2.45, 2.75) is 45.2 Å². The summed E-state index contributed by atoms with van der Waals surface area (Å²) in [5.74, 6) is 0.635. The van der Waals surface area contributed by atoms with Gasteiger partial charge in [-0.25, -0.2) is 4.39 Å². The van der Waals surface area contributed by atoms with Gasteiger partial charge in [0, 0.05) is 19.1 Å². The van der Waals surface area contributed by atoms with Crippen LogP contribution in [0.5, 0.6) is 0 Å². The first-order valence-electron chi connectivity index (χ1n) is 7.63. The second-order valence-electron chi connectivity index (χ2n) is 6.06. The van der Waals surface area contributed by atoms with Crippen molar-refractivity contribution in [3.05, 3.63) is 29.8 Å². The predicted octanol–water partition coefficient (Wildman–Crippen LogP) is 2.99. The standard InChI is InChI=1S/C16H26FN3/c1-12(2)20(11-13-4-5-13)9-8-15(18-3)16-7-6-14(17)10-19-16/h6-7,10,12-13,15,18H,4-5,8-9,11H2,1-3H3. The molecule has 20 heavy (non-hydrogen) atoms. The molecule has 0 aromatic carbocycles. The van der Waals surface area contributed by atoms with E-state index in [1.54, 1.807) is 6.07 Å². The van der Waals surface area contributed by atoms with Gasteiger partial charge in [0.2, 0.25) is 0 Å². The minimum Gasteiger partial charge on any atom is -0.312 e. The zero-order chi connectivity index (χ0) is 14.5. The normalized spacial score (nSPS) is 16.9. The zero-order valence-corrected chi connectivity index (χ0v) is 12.8. The fourth-order valence-electron chi connectivity index (χ4n) is 2.52. The average molecular weight is 279 g/mol. The molecule has 0 amide bonds. The molecule has 0 spiro atoms. The summed E-state index contributed by atoms with van der Waals surface area (Å²) in [5, 5.41) is 3.29. The number of nitrogens with one attached hydrogen (secondary N) is 1. The molecule has 4 heteroatoms. The molecule has 1 saturated carbocycles. The molecule has 1 atom stereocenters. The second kappa shape index (κ2) is 7.14. The molecule has 0 aliphatic heterocycles. The average Bonchev–Trinajstić information content (AvgIpc) is 3.23. The van der Waals surface area contributed by atoms with E-state index in [-0.39, 0.29) is 11.9 Å². The number of rotatable bonds is 8.